The summed E-state index contributed by atoms with van der Waals surface area (Å²) in [7, 11) is 0. The first-order chi connectivity index (χ1) is 28.1. The number of carbonyl (C=O) groups excluding carboxylic acids is 8. The molecule has 3 fully saturated rings. The standard InChI is InChI=1S/C41H69N9O10/c1-22(2)18-26(42)35(53)45-27(19-23(3)4)36(54)44-21-32(52)48-15-10-13-29(48)39(57)50-17-11-14-30(50)40(58)49-16-9-12-28(49)37(55)47-33(24(5)6)38(56)43-20-31(51)46-34(25(7)8)41(59)60/h22-30,33-34H,9-21,42H2,1-8H3,(H,43,56)(H,44,54)(H,45,53)(H,46,51)(H,47,55)(H,59,60)/t26-,27-,28-,29-,30-,33-,34-/m0/s1. The molecule has 338 valence electrons. The molecule has 8 amide bonds. The number of aliphatic carboxylic acids is 1. The van der Waals surface area contributed by atoms with Crippen LogP contribution in [0, 0.1) is 23.7 Å². The van der Waals surface area contributed by atoms with Crippen molar-refractivity contribution in [2.24, 2.45) is 29.4 Å². The molecule has 3 heterocycles. The van der Waals surface area contributed by atoms with Crippen LogP contribution in [0.3, 0.4) is 0 Å². The summed E-state index contributed by atoms with van der Waals surface area (Å²) in [6.07, 6.45) is 3.48. The lowest BCUT2D eigenvalue weighted by atomic mass is 10.0. The fourth-order valence-electron chi connectivity index (χ4n) is 8.08. The Morgan fingerprint density at radius 1 is 0.583 bits per heavy atom. The van der Waals surface area contributed by atoms with E-state index in [1.165, 1.54) is 14.7 Å². The number of nitrogens with two attached hydrogens (primary N) is 1. The molecule has 0 spiro atoms. The highest BCUT2D eigenvalue weighted by Gasteiger charge is 2.46. The lowest BCUT2D eigenvalue weighted by Crippen LogP contribution is -2.58. The lowest BCUT2D eigenvalue weighted by molar-refractivity contribution is -0.150. The Morgan fingerprint density at radius 2 is 1.07 bits per heavy atom. The Bertz CT molecular complexity index is 1590. The molecular formula is C41H69N9O10. The van der Waals surface area contributed by atoms with Gasteiger partial charge in [0, 0.05) is 19.6 Å². The van der Waals surface area contributed by atoms with Gasteiger partial charge in [0.05, 0.1) is 19.1 Å². The van der Waals surface area contributed by atoms with Crippen molar-refractivity contribution in [1.29, 1.82) is 0 Å². The average Bonchev–Trinajstić information content (AvgIpc) is 3.97. The van der Waals surface area contributed by atoms with E-state index in [1.807, 2.05) is 27.7 Å². The van der Waals surface area contributed by atoms with E-state index >= 15 is 0 Å². The summed E-state index contributed by atoms with van der Waals surface area (Å²) in [5, 5.41) is 22.3. The minimum absolute atomic E-state index is 0.0572. The fraction of sp³-hybridized carbons (Fsp3) is 0.780. The molecule has 3 aliphatic heterocycles. The third-order valence-electron chi connectivity index (χ3n) is 11.3. The van der Waals surface area contributed by atoms with Gasteiger partial charge in [-0.2, -0.15) is 0 Å². The van der Waals surface area contributed by atoms with E-state index in [-0.39, 0.29) is 49.8 Å². The highest BCUT2D eigenvalue weighted by molar-refractivity contribution is 5.98. The highest BCUT2D eigenvalue weighted by Crippen LogP contribution is 2.28. The Morgan fingerprint density at radius 3 is 1.58 bits per heavy atom. The highest BCUT2D eigenvalue weighted by atomic mass is 16.4. The lowest BCUT2D eigenvalue weighted by Gasteiger charge is -2.34. The molecule has 3 saturated heterocycles. The first-order valence-electron chi connectivity index (χ1n) is 21.5. The normalized spacial score (nSPS) is 21.1. The number of nitrogens with zero attached hydrogens (tertiary/aromatic N) is 3. The number of hydrogen-bond acceptors (Lipinski definition) is 10. The van der Waals surface area contributed by atoms with Gasteiger partial charge >= 0.3 is 5.97 Å². The Hall–Kier alpha value is -4.81. The molecule has 19 heteroatoms. The van der Waals surface area contributed by atoms with Crippen LogP contribution in [0.15, 0.2) is 0 Å². The molecular weight excluding hydrogens is 779 g/mol. The van der Waals surface area contributed by atoms with Gasteiger partial charge in [-0.25, -0.2) is 4.79 Å². The van der Waals surface area contributed by atoms with E-state index in [2.05, 4.69) is 26.6 Å². The zero-order chi connectivity index (χ0) is 45.0. The predicted molar refractivity (Wildman–Crippen MR) is 220 cm³/mol. The van der Waals surface area contributed by atoms with Gasteiger partial charge in [0.25, 0.3) is 0 Å². The van der Waals surface area contributed by atoms with Gasteiger partial charge in [0.2, 0.25) is 47.3 Å². The third-order valence-corrected chi connectivity index (χ3v) is 11.3. The second kappa shape index (κ2) is 22.7. The van der Waals surface area contributed by atoms with E-state index in [9.17, 15) is 48.3 Å². The minimum Gasteiger partial charge on any atom is -0.480 e. The summed E-state index contributed by atoms with van der Waals surface area (Å²) >= 11 is 0. The van der Waals surface area contributed by atoms with Crippen LogP contribution in [0.5, 0.6) is 0 Å². The first-order valence-corrected chi connectivity index (χ1v) is 21.5. The van der Waals surface area contributed by atoms with E-state index in [0.717, 1.165) is 0 Å². The summed E-state index contributed by atoms with van der Waals surface area (Å²) in [5.74, 6) is -5.87. The fourth-order valence-corrected chi connectivity index (χ4v) is 8.08. The summed E-state index contributed by atoms with van der Waals surface area (Å²) in [5.41, 5.74) is 6.04. The molecule has 19 nitrogen and oxygen atoms in total. The van der Waals surface area contributed by atoms with Gasteiger partial charge in [-0.1, -0.05) is 55.4 Å². The van der Waals surface area contributed by atoms with Gasteiger partial charge in [0.15, 0.2) is 0 Å². The molecule has 0 aromatic rings. The molecule has 0 bridgehead atoms. The van der Waals surface area contributed by atoms with E-state index in [0.29, 0.717) is 51.4 Å². The van der Waals surface area contributed by atoms with Crippen LogP contribution >= 0.6 is 0 Å². The quantitative estimate of drug-likeness (QED) is 0.0818. The number of hydrogen-bond donors (Lipinski definition) is 7. The van der Waals surface area contributed by atoms with Crippen LogP contribution in [-0.2, 0) is 43.2 Å². The smallest absolute Gasteiger partial charge is 0.326 e. The first kappa shape index (κ1) is 49.6. The summed E-state index contributed by atoms with van der Waals surface area (Å²) in [4.78, 5) is 123. The van der Waals surface area contributed by atoms with Crippen LogP contribution in [0.2, 0.25) is 0 Å². The average molecular weight is 848 g/mol. The third kappa shape index (κ3) is 13.6. The Labute approximate surface area is 353 Å². The maximum Gasteiger partial charge on any atom is 0.326 e. The molecule has 60 heavy (non-hydrogen) atoms. The van der Waals surface area contributed by atoms with Crippen molar-refractivity contribution in [3.63, 3.8) is 0 Å². The second-order valence-corrected chi connectivity index (χ2v) is 17.8. The number of nitrogens with one attached hydrogen (secondary N) is 5. The van der Waals surface area contributed by atoms with Gasteiger partial charge in [-0.15, -0.1) is 0 Å². The second-order valence-electron chi connectivity index (χ2n) is 17.8. The van der Waals surface area contributed by atoms with Crippen LogP contribution in [0.25, 0.3) is 0 Å². The van der Waals surface area contributed by atoms with E-state index in [1.54, 1.807) is 27.7 Å². The molecule has 7 atom stereocenters. The predicted octanol–water partition coefficient (Wildman–Crippen LogP) is -0.538. The van der Waals surface area contributed by atoms with Crippen molar-refractivity contribution in [2.45, 2.75) is 149 Å². The van der Waals surface area contributed by atoms with Crippen LogP contribution in [0.4, 0.5) is 0 Å². The molecule has 0 aliphatic carbocycles. The van der Waals surface area contributed by atoms with E-state index < -0.39 is 102 Å². The van der Waals surface area contributed by atoms with Crippen molar-refractivity contribution in [3.05, 3.63) is 0 Å². The largest absolute Gasteiger partial charge is 0.480 e. The summed E-state index contributed by atoms with van der Waals surface area (Å²) in [6.45, 7) is 14.4. The number of carboxylic acids is 1. The zero-order valence-electron chi connectivity index (χ0n) is 36.6. The summed E-state index contributed by atoms with van der Waals surface area (Å²) in [6, 6.07) is -6.47. The topological polar surface area (TPSA) is 270 Å². The van der Waals surface area contributed by atoms with Crippen molar-refractivity contribution in [3.8, 4) is 0 Å². The maximum absolute atomic E-state index is 14.1. The van der Waals surface area contributed by atoms with Crippen molar-refractivity contribution in [1.82, 2.24) is 41.3 Å². The Balaban J connectivity index is 1.62. The number of carboxylic acid groups (broad SMARTS) is 1. The maximum atomic E-state index is 14.1. The molecule has 8 N–H and O–H groups in total. The molecule has 0 aromatic carbocycles. The van der Waals surface area contributed by atoms with Gasteiger partial charge in [0.1, 0.15) is 36.3 Å². The number of rotatable bonds is 20. The monoisotopic (exact) mass is 848 g/mol. The zero-order valence-corrected chi connectivity index (χ0v) is 36.6. The molecule has 0 saturated carbocycles. The molecule has 0 radical (unpaired) electrons. The minimum atomic E-state index is -1.20. The summed E-state index contributed by atoms with van der Waals surface area (Å²) < 4.78 is 0. The number of carbonyl (C=O) groups is 9. The molecule has 0 aromatic heterocycles. The van der Waals surface area contributed by atoms with Crippen molar-refractivity contribution < 1.29 is 48.3 Å². The van der Waals surface area contributed by atoms with Gasteiger partial charge in [-0.3, -0.25) is 38.4 Å². The Kier molecular flexibility index (Phi) is 18.7. The van der Waals surface area contributed by atoms with Crippen LogP contribution in [0.1, 0.15) is 107 Å². The van der Waals surface area contributed by atoms with Crippen molar-refractivity contribution in [2.75, 3.05) is 32.7 Å². The SMILES string of the molecule is CC(C)C[C@H](NC(=O)[C@@H](N)CC(C)C)C(=O)NCC(=O)N1CCC[C@H]1C(=O)N1CCC[C@H]1C(=O)N1CCC[C@H]1C(=O)N[C@H](C(=O)NCC(=O)N[C@H](C(=O)O)C(C)C)C(C)C. The van der Waals surface area contributed by atoms with Gasteiger partial charge in [-0.05, 0) is 75.0 Å². The van der Waals surface area contributed by atoms with Crippen LogP contribution in [-0.4, -0.2) is 148 Å². The van der Waals surface area contributed by atoms with Crippen LogP contribution < -0.4 is 32.3 Å². The van der Waals surface area contributed by atoms with E-state index in [4.69, 9.17) is 5.73 Å². The molecule has 3 rings (SSSR count). The number of likely N-dealkylation sites (tertiary alicyclic amines) is 3. The van der Waals surface area contributed by atoms with Crippen molar-refractivity contribution >= 4 is 53.2 Å². The molecule has 3 aliphatic rings. The number of amides is 8. The molecule has 0 unspecified atom stereocenters. The van der Waals surface area contributed by atoms with Gasteiger partial charge < -0.3 is 52.1 Å².